The van der Waals surface area contributed by atoms with Gasteiger partial charge in [0.1, 0.15) is 0 Å². The maximum absolute atomic E-state index is 13.4. The fourth-order valence-electron chi connectivity index (χ4n) is 1.27. The minimum absolute atomic E-state index is 0.115. The molecule has 0 bridgehead atoms. The third kappa shape index (κ3) is 4.03. The van der Waals surface area contributed by atoms with Crippen molar-refractivity contribution in [2.24, 2.45) is 0 Å². The number of aliphatic hydroxyl groups excluding tert-OH is 1. The van der Waals surface area contributed by atoms with Crippen LogP contribution >= 0.6 is 0 Å². The van der Waals surface area contributed by atoms with E-state index >= 15 is 0 Å². The topological polar surface area (TPSA) is 55.8 Å². The largest absolute Gasteiger partial charge is 0.478 e. The maximum Gasteiger partial charge on any atom is 0.344 e. The van der Waals surface area contributed by atoms with Gasteiger partial charge in [-0.25, -0.2) is 9.18 Å². The Labute approximate surface area is 99.0 Å². The molecule has 1 aromatic carbocycles. The quantitative estimate of drug-likeness (QED) is 0.798. The van der Waals surface area contributed by atoms with Crippen LogP contribution in [-0.2, 0) is 16.1 Å². The smallest absolute Gasteiger partial charge is 0.344 e. The van der Waals surface area contributed by atoms with E-state index in [1.807, 2.05) is 0 Å². The van der Waals surface area contributed by atoms with Gasteiger partial charge in [-0.15, -0.1) is 0 Å². The SMILES string of the molecule is CC(C)OC(=O)COc1c(F)cccc1CO. The molecule has 1 rings (SSSR count). The van der Waals surface area contributed by atoms with Crippen molar-refractivity contribution in [2.45, 2.75) is 26.6 Å². The lowest BCUT2D eigenvalue weighted by Crippen LogP contribution is -2.19. The van der Waals surface area contributed by atoms with Crippen molar-refractivity contribution in [2.75, 3.05) is 6.61 Å². The highest BCUT2D eigenvalue weighted by Gasteiger charge is 2.12. The molecule has 1 aromatic rings. The summed E-state index contributed by atoms with van der Waals surface area (Å²) in [5.74, 6) is -1.31. The van der Waals surface area contributed by atoms with E-state index < -0.39 is 11.8 Å². The van der Waals surface area contributed by atoms with E-state index in [2.05, 4.69) is 0 Å². The Morgan fingerprint density at radius 2 is 2.18 bits per heavy atom. The second-order valence-electron chi connectivity index (χ2n) is 3.71. The average Bonchev–Trinajstić information content (AvgIpc) is 2.26. The average molecular weight is 242 g/mol. The van der Waals surface area contributed by atoms with Gasteiger partial charge in [0.25, 0.3) is 0 Å². The van der Waals surface area contributed by atoms with Crippen LogP contribution in [0.4, 0.5) is 4.39 Å². The molecule has 0 unspecified atom stereocenters. The van der Waals surface area contributed by atoms with Crippen LogP contribution in [-0.4, -0.2) is 23.8 Å². The van der Waals surface area contributed by atoms with Crippen molar-refractivity contribution in [1.82, 2.24) is 0 Å². The number of esters is 1. The Morgan fingerprint density at radius 1 is 1.47 bits per heavy atom. The van der Waals surface area contributed by atoms with Crippen LogP contribution in [0.3, 0.4) is 0 Å². The van der Waals surface area contributed by atoms with Crippen molar-refractivity contribution in [1.29, 1.82) is 0 Å². The maximum atomic E-state index is 13.4. The Bertz CT molecular complexity index is 390. The lowest BCUT2D eigenvalue weighted by molar-refractivity contribution is -0.149. The Morgan fingerprint density at radius 3 is 2.76 bits per heavy atom. The first-order valence-electron chi connectivity index (χ1n) is 5.25. The highest BCUT2D eigenvalue weighted by Crippen LogP contribution is 2.22. The molecule has 0 saturated heterocycles. The third-order valence-corrected chi connectivity index (χ3v) is 1.92. The lowest BCUT2D eigenvalue weighted by Gasteiger charge is -2.12. The minimum Gasteiger partial charge on any atom is -0.478 e. The van der Waals surface area contributed by atoms with Crippen LogP contribution in [0.15, 0.2) is 18.2 Å². The number of hydrogen-bond donors (Lipinski definition) is 1. The predicted octanol–water partition coefficient (Wildman–Crippen LogP) is 1.65. The number of ether oxygens (including phenoxy) is 2. The number of rotatable bonds is 5. The second-order valence-corrected chi connectivity index (χ2v) is 3.71. The van der Waals surface area contributed by atoms with Gasteiger partial charge in [0.15, 0.2) is 18.2 Å². The number of carbonyl (C=O) groups excluding carboxylic acids is 1. The fraction of sp³-hybridized carbons (Fsp3) is 0.417. The number of benzene rings is 1. The molecule has 5 heteroatoms. The molecule has 0 aliphatic rings. The van der Waals surface area contributed by atoms with Gasteiger partial charge >= 0.3 is 5.97 Å². The van der Waals surface area contributed by atoms with Crippen LogP contribution in [0.5, 0.6) is 5.75 Å². The summed E-state index contributed by atoms with van der Waals surface area (Å²) in [4.78, 5) is 11.2. The van der Waals surface area contributed by atoms with Gasteiger partial charge in [0.2, 0.25) is 0 Å². The van der Waals surface area contributed by atoms with Gasteiger partial charge in [0.05, 0.1) is 12.7 Å². The van der Waals surface area contributed by atoms with Crippen LogP contribution in [0.25, 0.3) is 0 Å². The number of halogens is 1. The van der Waals surface area contributed by atoms with Crippen molar-refractivity contribution < 1.29 is 23.8 Å². The molecule has 0 amide bonds. The molecule has 0 aromatic heterocycles. The van der Waals surface area contributed by atoms with E-state index in [4.69, 9.17) is 14.6 Å². The third-order valence-electron chi connectivity index (χ3n) is 1.92. The number of carbonyl (C=O) groups is 1. The summed E-state index contributed by atoms with van der Waals surface area (Å²) in [6.07, 6.45) is -0.246. The molecule has 94 valence electrons. The van der Waals surface area contributed by atoms with Crippen molar-refractivity contribution in [3.63, 3.8) is 0 Å². The molecule has 1 N–H and O–H groups in total. The summed E-state index contributed by atoms with van der Waals surface area (Å²) in [5, 5.41) is 8.99. The molecule has 4 nitrogen and oxygen atoms in total. The summed E-state index contributed by atoms with van der Waals surface area (Å²) < 4.78 is 23.2. The molecule has 0 aliphatic carbocycles. The zero-order chi connectivity index (χ0) is 12.8. The Kier molecular flexibility index (Phi) is 4.90. The highest BCUT2D eigenvalue weighted by atomic mass is 19.1. The molecule has 0 heterocycles. The molecule has 0 aliphatic heterocycles. The molecule has 0 saturated carbocycles. The van der Waals surface area contributed by atoms with Crippen LogP contribution in [0, 0.1) is 5.82 Å². The molecule has 17 heavy (non-hydrogen) atoms. The summed E-state index contributed by atoms with van der Waals surface area (Å²) in [7, 11) is 0. The standard InChI is InChI=1S/C12H15FO4/c1-8(2)17-11(15)7-16-12-9(6-14)4-3-5-10(12)13/h3-5,8,14H,6-7H2,1-2H3. The summed E-state index contributed by atoms with van der Waals surface area (Å²) >= 11 is 0. The normalized spacial score (nSPS) is 10.4. The zero-order valence-corrected chi connectivity index (χ0v) is 9.77. The fourth-order valence-corrected chi connectivity index (χ4v) is 1.27. The zero-order valence-electron chi connectivity index (χ0n) is 9.77. The molecular weight excluding hydrogens is 227 g/mol. The lowest BCUT2D eigenvalue weighted by atomic mass is 10.2. The Hall–Kier alpha value is -1.62. The second kappa shape index (κ2) is 6.20. The van der Waals surface area contributed by atoms with E-state index in [-0.39, 0.29) is 25.1 Å². The molecular formula is C12H15FO4. The first kappa shape index (κ1) is 13.4. The first-order valence-corrected chi connectivity index (χ1v) is 5.25. The number of hydrogen-bond acceptors (Lipinski definition) is 4. The minimum atomic E-state index is -0.617. The molecule has 0 fully saturated rings. The van der Waals surface area contributed by atoms with Gasteiger partial charge in [-0.05, 0) is 19.9 Å². The van der Waals surface area contributed by atoms with E-state index in [1.165, 1.54) is 18.2 Å². The first-order chi connectivity index (χ1) is 8.04. The van der Waals surface area contributed by atoms with Gasteiger partial charge in [-0.1, -0.05) is 12.1 Å². The number of para-hydroxylation sites is 1. The van der Waals surface area contributed by atoms with E-state index in [1.54, 1.807) is 13.8 Å². The molecule has 0 atom stereocenters. The summed E-state index contributed by atoms with van der Waals surface area (Å²) in [6.45, 7) is 2.68. The van der Waals surface area contributed by atoms with Gasteiger partial charge in [-0.2, -0.15) is 0 Å². The summed E-state index contributed by atoms with van der Waals surface area (Å²) in [5.41, 5.74) is 0.294. The van der Waals surface area contributed by atoms with Crippen molar-refractivity contribution >= 4 is 5.97 Å². The van der Waals surface area contributed by atoms with E-state index in [0.717, 1.165) is 0 Å². The van der Waals surface area contributed by atoms with Crippen molar-refractivity contribution in [3.8, 4) is 5.75 Å². The van der Waals surface area contributed by atoms with Crippen LogP contribution in [0.1, 0.15) is 19.4 Å². The highest BCUT2D eigenvalue weighted by molar-refractivity contribution is 5.71. The summed E-state index contributed by atoms with van der Waals surface area (Å²) in [6, 6.07) is 4.18. The van der Waals surface area contributed by atoms with Crippen molar-refractivity contribution in [3.05, 3.63) is 29.6 Å². The van der Waals surface area contributed by atoms with E-state index in [9.17, 15) is 9.18 Å². The van der Waals surface area contributed by atoms with Crippen LogP contribution < -0.4 is 4.74 Å². The predicted molar refractivity (Wildman–Crippen MR) is 59.0 cm³/mol. The molecule has 0 radical (unpaired) electrons. The number of aliphatic hydroxyl groups is 1. The van der Waals surface area contributed by atoms with Gasteiger partial charge in [0, 0.05) is 5.56 Å². The van der Waals surface area contributed by atoms with Gasteiger partial charge in [-0.3, -0.25) is 0 Å². The van der Waals surface area contributed by atoms with E-state index in [0.29, 0.717) is 5.56 Å². The van der Waals surface area contributed by atoms with Gasteiger partial charge < -0.3 is 14.6 Å². The molecule has 0 spiro atoms. The Balaban J connectivity index is 2.65. The van der Waals surface area contributed by atoms with Crippen LogP contribution in [0.2, 0.25) is 0 Å². The monoisotopic (exact) mass is 242 g/mol.